The number of nitrogen functional groups attached to an aromatic ring is 1. The van der Waals surface area contributed by atoms with Crippen molar-refractivity contribution in [3.63, 3.8) is 0 Å². The third-order valence-corrected chi connectivity index (χ3v) is 4.02. The molecule has 0 atom stereocenters. The molecule has 19 heavy (non-hydrogen) atoms. The van der Waals surface area contributed by atoms with Gasteiger partial charge in [0, 0.05) is 43.2 Å². The van der Waals surface area contributed by atoms with Crippen LogP contribution in [0, 0.1) is 5.82 Å². The molecule has 1 saturated heterocycles. The van der Waals surface area contributed by atoms with Crippen LogP contribution in [-0.4, -0.2) is 42.7 Å². The molecule has 0 unspecified atom stereocenters. The molecule has 0 spiro atoms. The van der Waals surface area contributed by atoms with Crippen molar-refractivity contribution in [2.24, 2.45) is 0 Å². The first-order valence-electron chi connectivity index (χ1n) is 6.33. The quantitative estimate of drug-likeness (QED) is 0.646. The van der Waals surface area contributed by atoms with Gasteiger partial charge in [-0.05, 0) is 18.2 Å². The second-order valence-corrected chi connectivity index (χ2v) is 5.58. The number of carbonyl (C=O) groups is 1. The number of halogens is 1. The molecule has 1 heterocycles. The molecule has 1 aromatic carbocycles. The molecule has 0 bridgehead atoms. The minimum Gasteiger partial charge on any atom is -0.396 e. The van der Waals surface area contributed by atoms with E-state index in [0.717, 1.165) is 31.1 Å². The average molecular weight is 283 g/mol. The Hall–Kier alpha value is -1.27. The fourth-order valence-corrected chi connectivity index (χ4v) is 2.79. The first-order chi connectivity index (χ1) is 9.16. The van der Waals surface area contributed by atoms with E-state index >= 15 is 0 Å². The maximum absolute atomic E-state index is 13.2. The smallest absolute Gasteiger partial charge is 0.223 e. The Morgan fingerprint density at radius 1 is 1.42 bits per heavy atom. The molecule has 2 rings (SSSR count). The first kappa shape index (κ1) is 14.1. The molecule has 1 amide bonds. The molecule has 0 saturated carbocycles. The number of rotatable bonds is 4. The van der Waals surface area contributed by atoms with E-state index in [1.54, 1.807) is 12.1 Å². The molecule has 4 nitrogen and oxygen atoms in total. The van der Waals surface area contributed by atoms with Crippen LogP contribution in [0.1, 0.15) is 6.42 Å². The molecule has 0 aromatic heterocycles. The van der Waals surface area contributed by atoms with E-state index in [1.807, 2.05) is 4.90 Å². The van der Waals surface area contributed by atoms with Gasteiger partial charge < -0.3 is 16.0 Å². The Bertz CT molecular complexity index is 450. The van der Waals surface area contributed by atoms with Gasteiger partial charge in [-0.1, -0.05) is 0 Å². The normalized spacial score (nSPS) is 15.5. The van der Waals surface area contributed by atoms with Crippen molar-refractivity contribution in [1.29, 1.82) is 0 Å². The van der Waals surface area contributed by atoms with Gasteiger partial charge >= 0.3 is 0 Å². The Morgan fingerprint density at radius 3 is 2.84 bits per heavy atom. The number of nitrogens with one attached hydrogen (secondary N) is 1. The molecular formula is C13H18FN3OS. The molecule has 1 fully saturated rings. The lowest BCUT2D eigenvalue weighted by Gasteiger charge is -2.27. The monoisotopic (exact) mass is 283 g/mol. The lowest BCUT2D eigenvalue weighted by Crippen LogP contribution is -2.46. The molecule has 6 heteroatoms. The average Bonchev–Trinajstić information content (AvgIpc) is 2.43. The SMILES string of the molecule is Nc1ccc(SCCC(=O)N2CCNCC2)cc1F. The minimum atomic E-state index is -0.404. The van der Waals surface area contributed by atoms with E-state index in [9.17, 15) is 9.18 Å². The van der Waals surface area contributed by atoms with Gasteiger partial charge in [-0.3, -0.25) is 4.79 Å². The zero-order valence-corrected chi connectivity index (χ0v) is 11.5. The number of carbonyl (C=O) groups excluding carboxylic acids is 1. The van der Waals surface area contributed by atoms with Crippen molar-refractivity contribution < 1.29 is 9.18 Å². The third kappa shape index (κ3) is 4.11. The van der Waals surface area contributed by atoms with Gasteiger partial charge in [0.1, 0.15) is 5.82 Å². The molecule has 1 aliphatic rings. The maximum atomic E-state index is 13.2. The molecule has 1 aliphatic heterocycles. The van der Waals surface area contributed by atoms with Crippen molar-refractivity contribution in [3.8, 4) is 0 Å². The van der Waals surface area contributed by atoms with E-state index < -0.39 is 5.82 Å². The summed E-state index contributed by atoms with van der Waals surface area (Å²) in [6.45, 7) is 3.28. The molecule has 3 N–H and O–H groups in total. The van der Waals surface area contributed by atoms with E-state index in [-0.39, 0.29) is 11.6 Å². The van der Waals surface area contributed by atoms with Crippen LogP contribution in [-0.2, 0) is 4.79 Å². The van der Waals surface area contributed by atoms with Crippen LogP contribution in [0.2, 0.25) is 0 Å². The molecule has 0 aliphatic carbocycles. The molecule has 1 aromatic rings. The highest BCUT2D eigenvalue weighted by atomic mass is 32.2. The van der Waals surface area contributed by atoms with E-state index in [2.05, 4.69) is 5.32 Å². The van der Waals surface area contributed by atoms with Crippen molar-refractivity contribution >= 4 is 23.4 Å². The van der Waals surface area contributed by atoms with Crippen molar-refractivity contribution in [2.45, 2.75) is 11.3 Å². The minimum absolute atomic E-state index is 0.154. The van der Waals surface area contributed by atoms with Gasteiger partial charge in [0.15, 0.2) is 0 Å². The standard InChI is InChI=1S/C13H18FN3OS/c14-11-9-10(1-2-12(11)15)19-8-3-13(18)17-6-4-16-5-7-17/h1-2,9,16H,3-8,15H2. The van der Waals surface area contributed by atoms with Crippen LogP contribution in [0.3, 0.4) is 0 Å². The molecular weight excluding hydrogens is 265 g/mol. The number of hydrogen-bond acceptors (Lipinski definition) is 4. The topological polar surface area (TPSA) is 58.4 Å². The van der Waals surface area contributed by atoms with Crippen LogP contribution >= 0.6 is 11.8 Å². The summed E-state index contributed by atoms with van der Waals surface area (Å²) in [5, 5.41) is 3.21. The number of nitrogens with zero attached hydrogens (tertiary/aromatic N) is 1. The Balaban J connectivity index is 1.76. The predicted octanol–water partition coefficient (Wildman–Crippen LogP) is 1.32. The van der Waals surface area contributed by atoms with Crippen LogP contribution in [0.15, 0.2) is 23.1 Å². The van der Waals surface area contributed by atoms with Gasteiger partial charge in [-0.25, -0.2) is 4.39 Å². The largest absolute Gasteiger partial charge is 0.396 e. The summed E-state index contributed by atoms with van der Waals surface area (Å²) in [6, 6.07) is 4.74. The highest BCUT2D eigenvalue weighted by Crippen LogP contribution is 2.22. The van der Waals surface area contributed by atoms with Crippen LogP contribution in [0.5, 0.6) is 0 Å². The summed E-state index contributed by atoms with van der Waals surface area (Å²) in [7, 11) is 0. The second-order valence-electron chi connectivity index (χ2n) is 4.41. The van der Waals surface area contributed by atoms with Gasteiger partial charge in [0.25, 0.3) is 0 Å². The van der Waals surface area contributed by atoms with Crippen molar-refractivity contribution in [3.05, 3.63) is 24.0 Å². The summed E-state index contributed by atoms with van der Waals surface area (Å²) >= 11 is 1.48. The van der Waals surface area contributed by atoms with Crippen molar-refractivity contribution in [1.82, 2.24) is 10.2 Å². The number of hydrogen-bond donors (Lipinski definition) is 2. The number of benzene rings is 1. The van der Waals surface area contributed by atoms with Crippen molar-refractivity contribution in [2.75, 3.05) is 37.7 Å². The van der Waals surface area contributed by atoms with Gasteiger partial charge in [-0.2, -0.15) is 0 Å². The van der Waals surface area contributed by atoms with Gasteiger partial charge in [0.05, 0.1) is 5.69 Å². The van der Waals surface area contributed by atoms with Crippen LogP contribution in [0.4, 0.5) is 10.1 Å². The number of anilines is 1. The zero-order valence-electron chi connectivity index (χ0n) is 10.7. The maximum Gasteiger partial charge on any atom is 0.223 e. The van der Waals surface area contributed by atoms with Crippen LogP contribution in [0.25, 0.3) is 0 Å². The Morgan fingerprint density at radius 2 is 2.16 bits per heavy atom. The lowest BCUT2D eigenvalue weighted by molar-refractivity contribution is -0.131. The summed E-state index contributed by atoms with van der Waals surface area (Å²) in [4.78, 5) is 14.6. The molecule has 104 valence electrons. The Labute approximate surface area is 116 Å². The zero-order chi connectivity index (χ0) is 13.7. The summed E-state index contributed by atoms with van der Waals surface area (Å²) in [6.07, 6.45) is 0.483. The highest BCUT2D eigenvalue weighted by Gasteiger charge is 2.15. The van der Waals surface area contributed by atoms with Crippen LogP contribution < -0.4 is 11.1 Å². The second kappa shape index (κ2) is 6.77. The van der Waals surface area contributed by atoms with Gasteiger partial charge in [0.2, 0.25) is 5.91 Å². The predicted molar refractivity (Wildman–Crippen MR) is 75.6 cm³/mol. The number of amides is 1. The number of nitrogens with two attached hydrogens (primary N) is 1. The molecule has 0 radical (unpaired) electrons. The van der Waals surface area contributed by atoms with E-state index in [1.165, 1.54) is 17.8 Å². The highest BCUT2D eigenvalue weighted by molar-refractivity contribution is 7.99. The first-order valence-corrected chi connectivity index (χ1v) is 7.31. The summed E-state index contributed by atoms with van der Waals surface area (Å²) in [5.74, 6) is 0.426. The summed E-state index contributed by atoms with van der Waals surface area (Å²) in [5.41, 5.74) is 5.57. The Kier molecular flexibility index (Phi) is 5.04. The third-order valence-electron chi connectivity index (χ3n) is 3.03. The number of thioether (sulfide) groups is 1. The fourth-order valence-electron chi connectivity index (χ4n) is 1.93. The number of piperazine rings is 1. The summed E-state index contributed by atoms with van der Waals surface area (Å²) < 4.78 is 13.2. The fraction of sp³-hybridized carbons (Fsp3) is 0.462. The van der Waals surface area contributed by atoms with E-state index in [4.69, 9.17) is 5.73 Å². The lowest BCUT2D eigenvalue weighted by atomic mass is 10.3. The van der Waals surface area contributed by atoms with E-state index in [0.29, 0.717) is 12.2 Å². The van der Waals surface area contributed by atoms with Gasteiger partial charge in [-0.15, -0.1) is 11.8 Å².